The standard InChI is InChI=1S/C19H22O6/c1-5-6-7-12(11(2)20)16-13-8-9-25-15(13)10-14(18(21)23-3)17(16)19(22)24-4/h8-10,12H,5-7H2,1-4H3. The van der Waals surface area contributed by atoms with E-state index in [0.717, 1.165) is 12.8 Å². The number of unbranched alkanes of at least 4 members (excludes halogenated alkanes) is 1. The van der Waals surface area contributed by atoms with Gasteiger partial charge in [-0.05, 0) is 31.0 Å². The van der Waals surface area contributed by atoms with Crippen LogP contribution in [0.3, 0.4) is 0 Å². The predicted molar refractivity (Wildman–Crippen MR) is 91.8 cm³/mol. The zero-order chi connectivity index (χ0) is 18.6. The van der Waals surface area contributed by atoms with Crippen LogP contribution >= 0.6 is 0 Å². The molecule has 2 aromatic rings. The Hall–Kier alpha value is -2.63. The molecule has 0 fully saturated rings. The van der Waals surface area contributed by atoms with Gasteiger partial charge in [0.25, 0.3) is 0 Å². The number of benzene rings is 1. The highest BCUT2D eigenvalue weighted by atomic mass is 16.5. The lowest BCUT2D eigenvalue weighted by molar-refractivity contribution is -0.118. The molecule has 0 spiro atoms. The topological polar surface area (TPSA) is 82.8 Å². The SMILES string of the molecule is CCCCC(C(C)=O)c1c(C(=O)OC)c(C(=O)OC)cc2occc12. The van der Waals surface area contributed by atoms with Crippen molar-refractivity contribution in [3.05, 3.63) is 35.1 Å². The molecule has 1 unspecified atom stereocenters. The minimum Gasteiger partial charge on any atom is -0.465 e. The molecule has 6 heteroatoms. The van der Waals surface area contributed by atoms with Crippen LogP contribution in [0.5, 0.6) is 0 Å². The lowest BCUT2D eigenvalue weighted by Gasteiger charge is -2.20. The highest BCUT2D eigenvalue weighted by Gasteiger charge is 2.31. The molecule has 0 bridgehead atoms. The van der Waals surface area contributed by atoms with Gasteiger partial charge >= 0.3 is 11.9 Å². The van der Waals surface area contributed by atoms with Crippen molar-refractivity contribution in [2.24, 2.45) is 0 Å². The number of esters is 2. The highest BCUT2D eigenvalue weighted by Crippen LogP contribution is 2.36. The molecule has 0 aliphatic heterocycles. The molecular weight excluding hydrogens is 324 g/mol. The molecule has 0 N–H and O–H groups in total. The third kappa shape index (κ3) is 3.57. The lowest BCUT2D eigenvalue weighted by Crippen LogP contribution is -2.19. The molecule has 0 saturated carbocycles. The summed E-state index contributed by atoms with van der Waals surface area (Å²) in [6.07, 6.45) is 3.75. The van der Waals surface area contributed by atoms with Crippen LogP contribution in [0.15, 0.2) is 22.8 Å². The van der Waals surface area contributed by atoms with Crippen LogP contribution in [0, 0.1) is 0 Å². The number of ketones is 1. The van der Waals surface area contributed by atoms with Crippen LogP contribution < -0.4 is 0 Å². The molecule has 25 heavy (non-hydrogen) atoms. The largest absolute Gasteiger partial charge is 0.465 e. The molecule has 1 heterocycles. The summed E-state index contributed by atoms with van der Waals surface area (Å²) < 4.78 is 15.1. The molecule has 6 nitrogen and oxygen atoms in total. The molecule has 0 aliphatic carbocycles. The van der Waals surface area contributed by atoms with E-state index in [1.807, 2.05) is 6.92 Å². The van der Waals surface area contributed by atoms with Crippen molar-refractivity contribution in [2.75, 3.05) is 14.2 Å². The molecule has 0 aliphatic rings. The van der Waals surface area contributed by atoms with Crippen LogP contribution in [-0.4, -0.2) is 31.9 Å². The van der Waals surface area contributed by atoms with Crippen LogP contribution in [0.2, 0.25) is 0 Å². The third-order valence-corrected chi connectivity index (χ3v) is 4.28. The van der Waals surface area contributed by atoms with E-state index in [1.54, 1.807) is 6.07 Å². The maximum Gasteiger partial charge on any atom is 0.339 e. The lowest BCUT2D eigenvalue weighted by atomic mass is 9.83. The van der Waals surface area contributed by atoms with Crippen molar-refractivity contribution in [1.29, 1.82) is 0 Å². The molecule has 0 radical (unpaired) electrons. The van der Waals surface area contributed by atoms with Gasteiger partial charge in [-0.25, -0.2) is 9.59 Å². The summed E-state index contributed by atoms with van der Waals surface area (Å²) in [6, 6.07) is 3.15. The molecule has 2 rings (SSSR count). The van der Waals surface area contributed by atoms with Gasteiger partial charge in [0.15, 0.2) is 0 Å². The second-order valence-electron chi connectivity index (χ2n) is 5.83. The summed E-state index contributed by atoms with van der Waals surface area (Å²) >= 11 is 0. The Labute approximate surface area is 146 Å². The van der Waals surface area contributed by atoms with Crippen molar-refractivity contribution in [2.45, 2.75) is 39.0 Å². The fraction of sp³-hybridized carbons (Fsp3) is 0.421. The van der Waals surface area contributed by atoms with Gasteiger partial charge in [0.1, 0.15) is 11.4 Å². The Morgan fingerprint density at radius 1 is 1.16 bits per heavy atom. The maximum atomic E-state index is 12.5. The summed E-state index contributed by atoms with van der Waals surface area (Å²) in [5, 5.41) is 0.629. The van der Waals surface area contributed by atoms with E-state index in [0.29, 0.717) is 23.0 Å². The number of rotatable bonds is 7. The van der Waals surface area contributed by atoms with Crippen molar-refractivity contribution in [3.63, 3.8) is 0 Å². The Morgan fingerprint density at radius 2 is 1.84 bits per heavy atom. The number of hydrogen-bond donors (Lipinski definition) is 0. The number of furan rings is 1. The van der Waals surface area contributed by atoms with Gasteiger partial charge in [0.2, 0.25) is 0 Å². The molecular formula is C19H22O6. The zero-order valence-electron chi connectivity index (χ0n) is 14.9. The molecule has 134 valence electrons. The molecule has 0 amide bonds. The minimum atomic E-state index is -0.683. The monoisotopic (exact) mass is 346 g/mol. The van der Waals surface area contributed by atoms with E-state index in [2.05, 4.69) is 0 Å². The fourth-order valence-electron chi connectivity index (χ4n) is 3.05. The maximum absolute atomic E-state index is 12.5. The van der Waals surface area contributed by atoms with Crippen molar-refractivity contribution >= 4 is 28.7 Å². The fourth-order valence-corrected chi connectivity index (χ4v) is 3.05. The van der Waals surface area contributed by atoms with Crippen molar-refractivity contribution in [1.82, 2.24) is 0 Å². The molecule has 1 aromatic heterocycles. The molecule has 1 atom stereocenters. The first-order chi connectivity index (χ1) is 12.0. The summed E-state index contributed by atoms with van der Waals surface area (Å²) in [6.45, 7) is 3.51. The number of carbonyl (C=O) groups excluding carboxylic acids is 3. The Kier molecular flexibility index (Phi) is 5.96. The second kappa shape index (κ2) is 7.96. The van der Waals surface area contributed by atoms with Crippen LogP contribution in [0.4, 0.5) is 0 Å². The number of methoxy groups -OCH3 is 2. The summed E-state index contributed by atoms with van der Waals surface area (Å²) in [4.78, 5) is 37.0. The van der Waals surface area contributed by atoms with E-state index in [1.165, 1.54) is 33.5 Å². The average Bonchev–Trinajstić information content (AvgIpc) is 3.08. The number of hydrogen-bond acceptors (Lipinski definition) is 6. The van der Waals surface area contributed by atoms with Crippen LogP contribution in [0.25, 0.3) is 11.0 Å². The summed E-state index contributed by atoms with van der Waals surface area (Å²) in [7, 11) is 2.47. The van der Waals surface area contributed by atoms with Crippen molar-refractivity contribution in [3.8, 4) is 0 Å². The second-order valence-corrected chi connectivity index (χ2v) is 5.83. The number of Topliss-reactive ketones (excluding diaryl/α,β-unsaturated/α-hetero) is 1. The first-order valence-electron chi connectivity index (χ1n) is 8.17. The van der Waals surface area contributed by atoms with E-state index >= 15 is 0 Å². The highest BCUT2D eigenvalue weighted by molar-refractivity contribution is 6.10. The zero-order valence-corrected chi connectivity index (χ0v) is 14.9. The normalized spacial score (nSPS) is 12.0. The van der Waals surface area contributed by atoms with Crippen LogP contribution in [-0.2, 0) is 14.3 Å². The predicted octanol–water partition coefficient (Wildman–Crippen LogP) is 3.87. The number of ether oxygens (including phenoxy) is 2. The van der Waals surface area contributed by atoms with Gasteiger partial charge in [-0.3, -0.25) is 4.79 Å². The van der Waals surface area contributed by atoms with Gasteiger partial charge in [0.05, 0.1) is 31.6 Å². The Balaban J connectivity index is 2.85. The van der Waals surface area contributed by atoms with Crippen LogP contribution in [0.1, 0.15) is 65.3 Å². The summed E-state index contributed by atoms with van der Waals surface area (Å²) in [5.41, 5.74) is 0.999. The van der Waals surface area contributed by atoms with E-state index < -0.39 is 17.9 Å². The minimum absolute atomic E-state index is 0.0366. The number of carbonyl (C=O) groups is 3. The van der Waals surface area contributed by atoms with E-state index in [4.69, 9.17) is 13.9 Å². The molecule has 1 aromatic carbocycles. The van der Waals surface area contributed by atoms with Gasteiger partial charge in [0, 0.05) is 11.3 Å². The molecule has 0 saturated heterocycles. The van der Waals surface area contributed by atoms with E-state index in [9.17, 15) is 14.4 Å². The van der Waals surface area contributed by atoms with Gasteiger partial charge < -0.3 is 13.9 Å². The first kappa shape index (κ1) is 18.7. The Bertz CT molecular complexity index is 802. The van der Waals surface area contributed by atoms with Gasteiger partial charge in [-0.1, -0.05) is 19.8 Å². The summed E-state index contributed by atoms with van der Waals surface area (Å²) in [5.74, 6) is -1.97. The van der Waals surface area contributed by atoms with Crippen molar-refractivity contribution < 1.29 is 28.3 Å². The third-order valence-electron chi connectivity index (χ3n) is 4.28. The van der Waals surface area contributed by atoms with Gasteiger partial charge in [-0.2, -0.15) is 0 Å². The quantitative estimate of drug-likeness (QED) is 0.708. The average molecular weight is 346 g/mol. The number of fused-ring (bicyclic) bond motifs is 1. The first-order valence-corrected chi connectivity index (χ1v) is 8.17. The Morgan fingerprint density at radius 3 is 2.40 bits per heavy atom. The van der Waals surface area contributed by atoms with E-state index in [-0.39, 0.29) is 16.9 Å². The smallest absolute Gasteiger partial charge is 0.339 e. The van der Waals surface area contributed by atoms with Gasteiger partial charge in [-0.15, -0.1) is 0 Å².